The van der Waals surface area contributed by atoms with E-state index in [2.05, 4.69) is 10.2 Å². The van der Waals surface area contributed by atoms with E-state index in [-0.39, 0.29) is 6.54 Å². The van der Waals surface area contributed by atoms with Crippen LogP contribution in [0.25, 0.3) is 4.85 Å². The predicted molar refractivity (Wildman–Crippen MR) is 56.0 cm³/mol. The minimum atomic E-state index is -0.421. The van der Waals surface area contributed by atoms with Gasteiger partial charge >= 0.3 is 12.5 Å². The molecule has 1 rings (SSSR count). The van der Waals surface area contributed by atoms with E-state index in [0.717, 1.165) is 25.9 Å². The number of carbonyl (C=O) groups is 1. The van der Waals surface area contributed by atoms with Gasteiger partial charge in [0.05, 0.1) is 13.1 Å². The van der Waals surface area contributed by atoms with E-state index in [0.29, 0.717) is 5.92 Å². The Morgan fingerprint density at radius 1 is 1.53 bits per heavy atom. The zero-order valence-electron chi connectivity index (χ0n) is 9.45. The van der Waals surface area contributed by atoms with Gasteiger partial charge < -0.3 is 14.9 Å². The van der Waals surface area contributed by atoms with Crippen LogP contribution < -0.4 is 5.32 Å². The molecule has 84 valence electrons. The summed E-state index contributed by atoms with van der Waals surface area (Å²) in [6, 6.07) is 0. The highest BCUT2D eigenvalue weighted by molar-refractivity contribution is 5.73. The molecule has 0 aliphatic carbocycles. The van der Waals surface area contributed by atoms with Crippen molar-refractivity contribution in [2.75, 3.05) is 19.6 Å². The van der Waals surface area contributed by atoms with Gasteiger partial charge in [-0.1, -0.05) is 0 Å². The van der Waals surface area contributed by atoms with Crippen LogP contribution in [-0.4, -0.2) is 31.2 Å². The number of nitrogens with two attached hydrogens (primary N) is 1. The minimum absolute atomic E-state index is 0.164. The normalized spacial score (nSPS) is 18.2. The summed E-state index contributed by atoms with van der Waals surface area (Å²) < 4.78 is 5.35. The molecular weight excluding hydrogens is 192 g/mol. The molecule has 1 aliphatic rings. The van der Waals surface area contributed by atoms with Crippen LogP contribution in [0.5, 0.6) is 0 Å². The molecule has 0 aromatic carbocycles. The molecule has 0 atom stereocenters. The molecular formula is C11H19N2O2+. The van der Waals surface area contributed by atoms with Gasteiger partial charge in [0.1, 0.15) is 5.60 Å². The van der Waals surface area contributed by atoms with Crippen LogP contribution in [0.15, 0.2) is 0 Å². The zero-order valence-corrected chi connectivity index (χ0v) is 9.45. The Morgan fingerprint density at radius 2 is 2.13 bits per heavy atom. The fourth-order valence-corrected chi connectivity index (χ4v) is 2.10. The first-order chi connectivity index (χ1) is 7.06. The summed E-state index contributed by atoms with van der Waals surface area (Å²) in [5, 5.41) is 2.29. The average Bonchev–Trinajstić information content (AvgIpc) is 2.18. The number of carbonyl (C=O) groups excluding carboxylic acids is 1. The molecule has 4 heteroatoms. The van der Waals surface area contributed by atoms with E-state index in [1.165, 1.54) is 0 Å². The van der Waals surface area contributed by atoms with Crippen molar-refractivity contribution < 1.29 is 14.8 Å². The Kier molecular flexibility index (Phi) is 4.10. The smallest absolute Gasteiger partial charge is 0.387 e. The molecule has 0 aromatic rings. The second-order valence-corrected chi connectivity index (χ2v) is 4.53. The molecule has 15 heavy (non-hydrogen) atoms. The van der Waals surface area contributed by atoms with Crippen LogP contribution in [0, 0.1) is 12.5 Å². The summed E-state index contributed by atoms with van der Waals surface area (Å²) in [5.74, 6) is 0.0294. The Hall–Kier alpha value is -1.08. The zero-order chi connectivity index (χ0) is 11.3. The summed E-state index contributed by atoms with van der Waals surface area (Å²) in [4.78, 5) is 14.3. The van der Waals surface area contributed by atoms with Gasteiger partial charge in [0.25, 0.3) is 0 Å². The molecule has 0 aromatic heterocycles. The van der Waals surface area contributed by atoms with Gasteiger partial charge in [-0.2, -0.15) is 0 Å². The van der Waals surface area contributed by atoms with E-state index in [9.17, 15) is 4.79 Å². The first-order valence-electron chi connectivity index (χ1n) is 5.43. The quantitative estimate of drug-likeness (QED) is 0.535. The molecule has 1 aliphatic heterocycles. The third-order valence-electron chi connectivity index (χ3n) is 3.01. The van der Waals surface area contributed by atoms with E-state index in [1.54, 1.807) is 0 Å². The van der Waals surface area contributed by atoms with Crippen LogP contribution >= 0.6 is 0 Å². The molecule has 0 radical (unpaired) electrons. The minimum Gasteiger partial charge on any atom is -0.454 e. The van der Waals surface area contributed by atoms with Crippen molar-refractivity contribution in [1.29, 1.82) is 0 Å². The maximum absolute atomic E-state index is 11.3. The molecule has 1 fully saturated rings. The van der Waals surface area contributed by atoms with Gasteiger partial charge in [0.15, 0.2) is 0 Å². The summed E-state index contributed by atoms with van der Waals surface area (Å²) in [7, 11) is 0. The van der Waals surface area contributed by atoms with Crippen molar-refractivity contribution in [2.45, 2.75) is 32.3 Å². The largest absolute Gasteiger partial charge is 0.454 e. The molecule has 1 heterocycles. The summed E-state index contributed by atoms with van der Waals surface area (Å²) in [6.45, 7) is 12.5. The van der Waals surface area contributed by atoms with Gasteiger partial charge in [-0.05, 0) is 13.8 Å². The van der Waals surface area contributed by atoms with Crippen LogP contribution in [0.1, 0.15) is 26.7 Å². The number of quaternary nitrogens is 1. The highest BCUT2D eigenvalue weighted by atomic mass is 16.6. The third-order valence-corrected chi connectivity index (χ3v) is 3.01. The summed E-state index contributed by atoms with van der Waals surface area (Å²) >= 11 is 0. The van der Waals surface area contributed by atoms with E-state index in [1.807, 2.05) is 13.8 Å². The lowest BCUT2D eigenvalue weighted by Crippen LogP contribution is -2.86. The number of nitrogens with zero attached hydrogens (tertiary/aromatic N) is 1. The van der Waals surface area contributed by atoms with Gasteiger partial charge in [-0.25, -0.2) is 11.4 Å². The fourth-order valence-electron chi connectivity index (χ4n) is 2.10. The van der Waals surface area contributed by atoms with Gasteiger partial charge in [0, 0.05) is 18.8 Å². The van der Waals surface area contributed by atoms with Gasteiger partial charge in [-0.15, -0.1) is 0 Å². The third kappa shape index (κ3) is 3.52. The Bertz CT molecular complexity index is 262. The predicted octanol–water partition coefficient (Wildman–Crippen LogP) is 0.201. The van der Waals surface area contributed by atoms with Crippen LogP contribution in [0.4, 0.5) is 0 Å². The van der Waals surface area contributed by atoms with Crippen LogP contribution in [0.2, 0.25) is 0 Å². The van der Waals surface area contributed by atoms with E-state index in [4.69, 9.17) is 11.3 Å². The number of hydrogen-bond donors (Lipinski definition) is 1. The lowest BCUT2D eigenvalue weighted by atomic mass is 9.83. The molecule has 0 saturated carbocycles. The molecule has 0 spiro atoms. The molecule has 2 N–H and O–H groups in total. The van der Waals surface area contributed by atoms with Crippen molar-refractivity contribution in [3.8, 4) is 0 Å². The molecule has 0 bridgehead atoms. The van der Waals surface area contributed by atoms with E-state index >= 15 is 0 Å². The molecule has 4 nitrogen and oxygen atoms in total. The number of rotatable bonds is 3. The van der Waals surface area contributed by atoms with Crippen molar-refractivity contribution in [2.24, 2.45) is 5.92 Å². The molecule has 1 saturated heterocycles. The fraction of sp³-hybridized carbons (Fsp3) is 0.818. The number of piperidine rings is 1. The second-order valence-electron chi connectivity index (χ2n) is 4.53. The highest BCUT2D eigenvalue weighted by Crippen LogP contribution is 2.27. The van der Waals surface area contributed by atoms with Gasteiger partial charge in [-0.3, -0.25) is 0 Å². The Labute approximate surface area is 90.8 Å². The standard InChI is InChI=1S/C11H18N2O2/c1-11(2,15-10(14)8-12-3)9-4-6-13-7-5-9/h9,13H,4-8H2,1-2H3/p+1. The highest BCUT2D eigenvalue weighted by Gasteiger charge is 2.35. The van der Waals surface area contributed by atoms with Gasteiger partial charge in [0.2, 0.25) is 0 Å². The maximum atomic E-state index is 11.3. The van der Waals surface area contributed by atoms with Crippen LogP contribution in [-0.2, 0) is 9.53 Å². The van der Waals surface area contributed by atoms with E-state index < -0.39 is 11.6 Å². The lowest BCUT2D eigenvalue weighted by Gasteiger charge is -2.34. The summed E-state index contributed by atoms with van der Waals surface area (Å²) in [6.07, 6.45) is 2.16. The SMILES string of the molecule is [C-]#[N+]CC(=O)OC(C)(C)C1CC[NH2+]CC1. The number of hydrogen-bond acceptors (Lipinski definition) is 2. The second kappa shape index (κ2) is 5.13. The topological polar surface area (TPSA) is 47.3 Å². The van der Waals surface area contributed by atoms with Crippen LogP contribution in [0.3, 0.4) is 0 Å². The Morgan fingerprint density at radius 3 is 2.67 bits per heavy atom. The number of ether oxygens (including phenoxy) is 1. The van der Waals surface area contributed by atoms with Crippen molar-refractivity contribution in [3.05, 3.63) is 11.4 Å². The Balaban J connectivity index is 2.49. The first kappa shape index (κ1) is 12.0. The molecule has 0 unspecified atom stereocenters. The number of esters is 1. The molecule has 0 amide bonds. The van der Waals surface area contributed by atoms with Crippen molar-refractivity contribution >= 4 is 5.97 Å². The summed E-state index contributed by atoms with van der Waals surface area (Å²) in [5.41, 5.74) is -0.421. The first-order valence-corrected chi connectivity index (χ1v) is 5.43. The monoisotopic (exact) mass is 211 g/mol. The average molecular weight is 211 g/mol. The van der Waals surface area contributed by atoms with Crippen molar-refractivity contribution in [3.63, 3.8) is 0 Å². The maximum Gasteiger partial charge on any atom is 0.387 e. The lowest BCUT2D eigenvalue weighted by molar-refractivity contribution is -0.665. The van der Waals surface area contributed by atoms with Crippen molar-refractivity contribution in [1.82, 2.24) is 0 Å².